The molecule has 4 heteroatoms. The van der Waals surface area contributed by atoms with E-state index in [1.54, 1.807) is 6.34 Å². The molecule has 0 saturated carbocycles. The molecule has 0 aliphatic heterocycles. The maximum atomic E-state index is 8.87. The van der Waals surface area contributed by atoms with Gasteiger partial charge in [-0.3, -0.25) is 0 Å². The highest BCUT2D eigenvalue weighted by Crippen LogP contribution is 2.31. The highest BCUT2D eigenvalue weighted by molar-refractivity contribution is 6.33. The highest BCUT2D eigenvalue weighted by atomic mass is 35.5. The van der Waals surface area contributed by atoms with Gasteiger partial charge in [0.05, 0.1) is 28.7 Å². The Hall–Kier alpha value is -2.31. The molecule has 118 valence electrons. The molecule has 0 N–H and O–H groups in total. The van der Waals surface area contributed by atoms with E-state index < -0.39 is 0 Å². The number of nitriles is 1. The van der Waals surface area contributed by atoms with Gasteiger partial charge in [0.25, 0.3) is 0 Å². The van der Waals surface area contributed by atoms with E-state index in [0.29, 0.717) is 10.6 Å². The summed E-state index contributed by atoms with van der Waals surface area (Å²) in [7, 11) is 1.98. The molecular weight excluding hydrogens is 306 g/mol. The van der Waals surface area contributed by atoms with Crippen molar-refractivity contribution in [1.29, 1.82) is 5.26 Å². The first-order valence-corrected chi connectivity index (χ1v) is 7.93. The summed E-state index contributed by atoms with van der Waals surface area (Å²) in [6.45, 7) is 5.01. The molecule has 2 rings (SSSR count). The van der Waals surface area contributed by atoms with Gasteiger partial charge in [0.2, 0.25) is 0 Å². The number of aliphatic imine (C=N–C) groups is 1. The fourth-order valence-corrected chi connectivity index (χ4v) is 2.43. The highest BCUT2D eigenvalue weighted by Gasteiger charge is 2.08. The molecule has 0 fully saturated rings. The molecule has 0 spiro atoms. The number of rotatable bonds is 5. The Labute approximate surface area is 142 Å². The van der Waals surface area contributed by atoms with E-state index in [0.717, 1.165) is 35.3 Å². The summed E-state index contributed by atoms with van der Waals surface area (Å²) < 4.78 is 0. The van der Waals surface area contributed by atoms with Crippen LogP contribution >= 0.6 is 11.6 Å². The van der Waals surface area contributed by atoms with Crippen molar-refractivity contribution < 1.29 is 0 Å². The quantitative estimate of drug-likeness (QED) is 0.589. The van der Waals surface area contributed by atoms with Crippen LogP contribution < -0.4 is 0 Å². The van der Waals surface area contributed by atoms with Gasteiger partial charge in [0, 0.05) is 13.6 Å². The van der Waals surface area contributed by atoms with Gasteiger partial charge in [0.15, 0.2) is 0 Å². The lowest BCUT2D eigenvalue weighted by Gasteiger charge is -2.11. The van der Waals surface area contributed by atoms with Crippen LogP contribution in [0.2, 0.25) is 5.02 Å². The molecule has 0 aromatic heterocycles. The van der Waals surface area contributed by atoms with Gasteiger partial charge in [-0.05, 0) is 55.2 Å². The first-order valence-electron chi connectivity index (χ1n) is 7.56. The van der Waals surface area contributed by atoms with Crippen LogP contribution in [0.4, 0.5) is 5.69 Å². The molecule has 0 saturated heterocycles. The van der Waals surface area contributed by atoms with Crippen LogP contribution in [0.3, 0.4) is 0 Å². The third-order valence-electron chi connectivity index (χ3n) is 3.64. The summed E-state index contributed by atoms with van der Waals surface area (Å²) in [5.74, 6) is 0. The van der Waals surface area contributed by atoms with Crippen molar-refractivity contribution in [2.45, 2.75) is 20.3 Å². The predicted octanol–water partition coefficient (Wildman–Crippen LogP) is 4.72. The van der Waals surface area contributed by atoms with Crippen molar-refractivity contribution >= 4 is 23.6 Å². The lowest BCUT2D eigenvalue weighted by molar-refractivity contribution is 0.552. The molecule has 2 aromatic carbocycles. The van der Waals surface area contributed by atoms with E-state index >= 15 is 0 Å². The van der Waals surface area contributed by atoms with Crippen molar-refractivity contribution in [3.8, 4) is 6.07 Å². The third kappa shape index (κ3) is 4.58. The SMILES string of the molecule is CCN(C)C=Nc1cc(C)cc(Cc2ccc(C#N)cc2)c1Cl. The lowest BCUT2D eigenvalue weighted by Crippen LogP contribution is -2.14. The molecule has 0 bridgehead atoms. The van der Waals surface area contributed by atoms with Gasteiger partial charge < -0.3 is 4.90 Å². The number of aryl methyl sites for hydroxylation is 1. The smallest absolute Gasteiger partial charge is 0.0991 e. The standard InChI is InChI=1S/C19H20ClN3/c1-4-23(3)13-22-18-10-14(2)9-17(19(18)20)11-15-5-7-16(12-21)8-6-15/h5-10,13H,4,11H2,1-3H3. The lowest BCUT2D eigenvalue weighted by atomic mass is 10.0. The fraction of sp³-hybridized carbons (Fsp3) is 0.263. The zero-order valence-corrected chi connectivity index (χ0v) is 14.4. The second kappa shape index (κ2) is 7.80. The zero-order chi connectivity index (χ0) is 16.8. The molecule has 0 radical (unpaired) electrons. The molecular formula is C19H20ClN3. The van der Waals surface area contributed by atoms with Crippen LogP contribution in [0.25, 0.3) is 0 Å². The Morgan fingerprint density at radius 2 is 1.96 bits per heavy atom. The van der Waals surface area contributed by atoms with Gasteiger partial charge >= 0.3 is 0 Å². The van der Waals surface area contributed by atoms with Crippen LogP contribution in [-0.4, -0.2) is 24.8 Å². The van der Waals surface area contributed by atoms with E-state index in [-0.39, 0.29) is 0 Å². The van der Waals surface area contributed by atoms with Gasteiger partial charge in [-0.2, -0.15) is 5.26 Å². The number of halogens is 1. The zero-order valence-electron chi connectivity index (χ0n) is 13.7. The largest absolute Gasteiger partial charge is 0.366 e. The van der Waals surface area contributed by atoms with E-state index in [9.17, 15) is 0 Å². The molecule has 3 nitrogen and oxygen atoms in total. The van der Waals surface area contributed by atoms with E-state index in [4.69, 9.17) is 16.9 Å². The molecule has 2 aromatic rings. The predicted molar refractivity (Wildman–Crippen MR) is 96.6 cm³/mol. The molecule has 0 unspecified atom stereocenters. The Bertz CT molecular complexity index is 742. The van der Waals surface area contributed by atoms with Crippen molar-refractivity contribution in [3.05, 3.63) is 63.7 Å². The van der Waals surface area contributed by atoms with Gasteiger partial charge in [-0.15, -0.1) is 0 Å². The summed E-state index contributed by atoms with van der Waals surface area (Å²) in [5.41, 5.74) is 4.75. The van der Waals surface area contributed by atoms with Gasteiger partial charge in [-0.1, -0.05) is 29.8 Å². The Morgan fingerprint density at radius 3 is 2.57 bits per heavy atom. The van der Waals surface area contributed by atoms with E-state index in [1.807, 2.05) is 49.2 Å². The average molecular weight is 326 g/mol. The molecule has 0 aliphatic carbocycles. The summed E-state index contributed by atoms with van der Waals surface area (Å²) >= 11 is 6.53. The van der Waals surface area contributed by atoms with Crippen LogP contribution in [-0.2, 0) is 6.42 Å². The minimum atomic E-state index is 0.664. The monoisotopic (exact) mass is 325 g/mol. The second-order valence-electron chi connectivity index (χ2n) is 5.56. The van der Waals surface area contributed by atoms with Gasteiger partial charge in [-0.25, -0.2) is 4.99 Å². The average Bonchev–Trinajstić information content (AvgIpc) is 2.56. The van der Waals surface area contributed by atoms with Crippen LogP contribution in [0.15, 0.2) is 41.4 Å². The number of hydrogen-bond donors (Lipinski definition) is 0. The minimum absolute atomic E-state index is 0.664. The van der Waals surface area contributed by atoms with Gasteiger partial charge in [0.1, 0.15) is 0 Å². The number of hydrogen-bond acceptors (Lipinski definition) is 2. The second-order valence-corrected chi connectivity index (χ2v) is 5.94. The van der Waals surface area contributed by atoms with Crippen LogP contribution in [0.5, 0.6) is 0 Å². The van der Waals surface area contributed by atoms with Crippen LogP contribution in [0, 0.1) is 18.3 Å². The Morgan fingerprint density at radius 1 is 1.26 bits per heavy atom. The number of nitrogens with zero attached hydrogens (tertiary/aromatic N) is 3. The summed E-state index contributed by atoms with van der Waals surface area (Å²) in [5, 5.41) is 9.55. The molecule has 0 amide bonds. The minimum Gasteiger partial charge on any atom is -0.366 e. The molecule has 0 atom stereocenters. The van der Waals surface area contributed by atoms with E-state index in [1.165, 1.54) is 0 Å². The summed E-state index contributed by atoms with van der Waals surface area (Å²) in [6.07, 6.45) is 2.52. The normalized spacial score (nSPS) is 10.7. The van der Waals surface area contributed by atoms with Crippen molar-refractivity contribution in [1.82, 2.24) is 4.90 Å². The fourth-order valence-electron chi connectivity index (χ4n) is 2.21. The number of benzene rings is 2. The third-order valence-corrected chi connectivity index (χ3v) is 4.08. The molecule has 23 heavy (non-hydrogen) atoms. The van der Waals surface area contributed by atoms with Crippen LogP contribution in [0.1, 0.15) is 29.2 Å². The first kappa shape index (κ1) is 17.1. The Balaban J connectivity index is 2.29. The maximum absolute atomic E-state index is 8.87. The van der Waals surface area contributed by atoms with E-state index in [2.05, 4.69) is 24.1 Å². The molecule has 0 heterocycles. The first-order chi connectivity index (χ1) is 11.0. The maximum Gasteiger partial charge on any atom is 0.0991 e. The Kier molecular flexibility index (Phi) is 5.78. The summed E-state index contributed by atoms with van der Waals surface area (Å²) in [6, 6.07) is 13.8. The summed E-state index contributed by atoms with van der Waals surface area (Å²) in [4.78, 5) is 6.49. The van der Waals surface area contributed by atoms with Crippen molar-refractivity contribution in [2.24, 2.45) is 4.99 Å². The van der Waals surface area contributed by atoms with Crippen molar-refractivity contribution in [2.75, 3.05) is 13.6 Å². The van der Waals surface area contributed by atoms with Crippen molar-refractivity contribution in [3.63, 3.8) is 0 Å². The topological polar surface area (TPSA) is 39.4 Å². The molecule has 0 aliphatic rings.